The van der Waals surface area contributed by atoms with Crippen molar-refractivity contribution in [3.8, 4) is 0 Å². The molecule has 2 atom stereocenters. The smallest absolute Gasteiger partial charge is 0.251 e. The number of nitrogens with zero attached hydrogens (tertiary/aromatic N) is 2. The van der Waals surface area contributed by atoms with Gasteiger partial charge in [0.1, 0.15) is 6.10 Å². The van der Waals surface area contributed by atoms with Gasteiger partial charge in [0.2, 0.25) is 0 Å². The average Bonchev–Trinajstić information content (AvgIpc) is 3.10. The number of benzene rings is 1. The van der Waals surface area contributed by atoms with Crippen LogP contribution in [0, 0.1) is 6.92 Å². The van der Waals surface area contributed by atoms with E-state index in [9.17, 15) is 9.90 Å². The second kappa shape index (κ2) is 7.43. The minimum Gasteiger partial charge on any atom is -0.387 e. The molecule has 1 aromatic rings. The van der Waals surface area contributed by atoms with Crippen LogP contribution >= 0.6 is 0 Å². The first-order valence-electron chi connectivity index (χ1n) is 8.51. The van der Waals surface area contributed by atoms with Crippen LogP contribution in [0.4, 0.5) is 0 Å². The highest BCUT2D eigenvalue weighted by Gasteiger charge is 2.30. The van der Waals surface area contributed by atoms with Gasteiger partial charge in [-0.3, -0.25) is 9.69 Å². The molecule has 0 aromatic heterocycles. The Morgan fingerprint density at radius 3 is 2.57 bits per heavy atom. The highest BCUT2D eigenvalue weighted by Crippen LogP contribution is 2.18. The van der Waals surface area contributed by atoms with Gasteiger partial charge in [0, 0.05) is 39.3 Å². The van der Waals surface area contributed by atoms with E-state index in [2.05, 4.69) is 4.90 Å². The molecule has 2 aliphatic heterocycles. The van der Waals surface area contributed by atoms with E-state index < -0.39 is 6.10 Å². The van der Waals surface area contributed by atoms with Crippen LogP contribution < -0.4 is 0 Å². The molecule has 2 unspecified atom stereocenters. The Morgan fingerprint density at radius 1 is 1.26 bits per heavy atom. The molecule has 1 amide bonds. The van der Waals surface area contributed by atoms with Crippen LogP contribution in [-0.2, 0) is 9.53 Å². The largest absolute Gasteiger partial charge is 0.387 e. The Labute approximate surface area is 137 Å². The second-order valence-corrected chi connectivity index (χ2v) is 6.55. The van der Waals surface area contributed by atoms with E-state index in [0.717, 1.165) is 44.6 Å². The highest BCUT2D eigenvalue weighted by molar-refractivity contribution is 5.81. The highest BCUT2D eigenvalue weighted by atomic mass is 16.5. The fraction of sp³-hybridized carbons (Fsp3) is 0.611. The van der Waals surface area contributed by atoms with Crippen molar-refractivity contribution in [1.29, 1.82) is 0 Å². The SMILES string of the molecule is Cc1ccc(C(O)CN2CCN(C(=O)C3CCCO3)CC2)cc1. The van der Waals surface area contributed by atoms with Crippen molar-refractivity contribution in [3.05, 3.63) is 35.4 Å². The van der Waals surface area contributed by atoms with Gasteiger partial charge in [0.25, 0.3) is 5.91 Å². The first-order chi connectivity index (χ1) is 11.1. The van der Waals surface area contributed by atoms with Gasteiger partial charge in [0.05, 0.1) is 6.10 Å². The molecule has 1 aromatic carbocycles. The van der Waals surface area contributed by atoms with Crippen LogP contribution in [0.25, 0.3) is 0 Å². The molecule has 5 heteroatoms. The predicted octanol–water partition coefficient (Wildman–Crippen LogP) is 1.35. The minimum absolute atomic E-state index is 0.140. The van der Waals surface area contributed by atoms with E-state index in [1.807, 2.05) is 36.1 Å². The zero-order valence-electron chi connectivity index (χ0n) is 13.8. The number of hydrogen-bond acceptors (Lipinski definition) is 4. The number of hydrogen-bond donors (Lipinski definition) is 1. The van der Waals surface area contributed by atoms with Gasteiger partial charge in [-0.2, -0.15) is 0 Å². The summed E-state index contributed by atoms with van der Waals surface area (Å²) in [7, 11) is 0. The lowest BCUT2D eigenvalue weighted by molar-refractivity contribution is -0.142. The van der Waals surface area contributed by atoms with E-state index >= 15 is 0 Å². The molecule has 2 aliphatic rings. The first-order valence-corrected chi connectivity index (χ1v) is 8.51. The summed E-state index contributed by atoms with van der Waals surface area (Å²) in [5.74, 6) is 0.140. The molecule has 0 radical (unpaired) electrons. The Morgan fingerprint density at radius 2 is 1.96 bits per heavy atom. The third kappa shape index (κ3) is 4.10. The summed E-state index contributed by atoms with van der Waals surface area (Å²) >= 11 is 0. The third-order valence-corrected chi connectivity index (χ3v) is 4.78. The molecule has 0 bridgehead atoms. The molecule has 1 N–H and O–H groups in total. The number of ether oxygens (including phenoxy) is 1. The Balaban J connectivity index is 1.47. The zero-order chi connectivity index (χ0) is 16.2. The molecule has 2 heterocycles. The van der Waals surface area contributed by atoms with Gasteiger partial charge in [0.15, 0.2) is 0 Å². The molecule has 3 rings (SSSR count). The predicted molar refractivity (Wildman–Crippen MR) is 88.1 cm³/mol. The van der Waals surface area contributed by atoms with Crippen molar-refractivity contribution < 1.29 is 14.6 Å². The molecule has 0 saturated carbocycles. The van der Waals surface area contributed by atoms with Crippen molar-refractivity contribution in [2.45, 2.75) is 32.0 Å². The fourth-order valence-electron chi connectivity index (χ4n) is 3.27. The minimum atomic E-state index is -0.476. The number of aryl methyl sites for hydroxylation is 1. The lowest BCUT2D eigenvalue weighted by atomic mass is 10.1. The second-order valence-electron chi connectivity index (χ2n) is 6.55. The fourth-order valence-corrected chi connectivity index (χ4v) is 3.27. The standard InChI is InChI=1S/C18H26N2O3/c1-14-4-6-15(7-5-14)16(21)13-19-8-10-20(11-9-19)18(22)17-3-2-12-23-17/h4-7,16-17,21H,2-3,8-13H2,1H3. The van der Waals surface area contributed by atoms with Crippen molar-refractivity contribution in [2.24, 2.45) is 0 Å². The van der Waals surface area contributed by atoms with Crippen molar-refractivity contribution in [3.63, 3.8) is 0 Å². The number of carbonyl (C=O) groups excluding carboxylic acids is 1. The van der Waals surface area contributed by atoms with Gasteiger partial charge in [-0.15, -0.1) is 0 Å². The van der Waals surface area contributed by atoms with Gasteiger partial charge >= 0.3 is 0 Å². The molecule has 0 spiro atoms. The maximum atomic E-state index is 12.3. The Hall–Kier alpha value is -1.43. The summed E-state index contributed by atoms with van der Waals surface area (Å²) in [6.45, 7) is 6.42. The zero-order valence-corrected chi connectivity index (χ0v) is 13.8. The van der Waals surface area contributed by atoms with Crippen molar-refractivity contribution >= 4 is 5.91 Å². The van der Waals surface area contributed by atoms with Gasteiger partial charge in [-0.1, -0.05) is 29.8 Å². The summed E-state index contributed by atoms with van der Waals surface area (Å²) in [4.78, 5) is 16.4. The van der Waals surface area contributed by atoms with E-state index in [1.54, 1.807) is 0 Å². The number of piperazine rings is 1. The lowest BCUT2D eigenvalue weighted by Gasteiger charge is -2.36. The average molecular weight is 318 g/mol. The van der Waals surface area contributed by atoms with E-state index in [4.69, 9.17) is 4.74 Å². The maximum Gasteiger partial charge on any atom is 0.251 e. The number of rotatable bonds is 4. The van der Waals surface area contributed by atoms with Crippen LogP contribution in [0.15, 0.2) is 24.3 Å². The molecular weight excluding hydrogens is 292 g/mol. The first kappa shape index (κ1) is 16.4. The molecular formula is C18H26N2O3. The van der Waals surface area contributed by atoms with Crippen LogP contribution in [0.2, 0.25) is 0 Å². The molecule has 126 valence electrons. The van der Waals surface area contributed by atoms with Crippen LogP contribution in [0.1, 0.15) is 30.1 Å². The van der Waals surface area contributed by atoms with Gasteiger partial charge in [-0.25, -0.2) is 0 Å². The quantitative estimate of drug-likeness (QED) is 0.910. The van der Waals surface area contributed by atoms with E-state index in [1.165, 1.54) is 5.56 Å². The van der Waals surface area contributed by atoms with Gasteiger partial charge in [-0.05, 0) is 25.3 Å². The normalized spacial score (nSPS) is 23.9. The number of carbonyl (C=O) groups is 1. The topological polar surface area (TPSA) is 53.0 Å². The monoisotopic (exact) mass is 318 g/mol. The number of β-amino-alcohol motifs (C(OH)–C–C–N with tert-alkyl or cyclic N) is 1. The molecule has 0 aliphatic carbocycles. The molecule has 5 nitrogen and oxygen atoms in total. The third-order valence-electron chi connectivity index (χ3n) is 4.78. The summed E-state index contributed by atoms with van der Waals surface area (Å²) in [5.41, 5.74) is 2.15. The summed E-state index contributed by atoms with van der Waals surface area (Å²) in [6.07, 6.45) is 1.14. The summed E-state index contributed by atoms with van der Waals surface area (Å²) < 4.78 is 5.48. The Bertz CT molecular complexity index is 518. The lowest BCUT2D eigenvalue weighted by Crippen LogP contribution is -2.52. The van der Waals surface area contributed by atoms with Crippen LogP contribution in [0.3, 0.4) is 0 Å². The van der Waals surface area contributed by atoms with Crippen LogP contribution in [-0.4, -0.2) is 66.2 Å². The van der Waals surface area contributed by atoms with Crippen molar-refractivity contribution in [2.75, 3.05) is 39.3 Å². The molecule has 23 heavy (non-hydrogen) atoms. The number of aliphatic hydroxyl groups excluding tert-OH is 1. The maximum absolute atomic E-state index is 12.3. The number of aliphatic hydroxyl groups is 1. The van der Waals surface area contributed by atoms with Crippen molar-refractivity contribution in [1.82, 2.24) is 9.80 Å². The summed E-state index contributed by atoms with van der Waals surface area (Å²) in [6, 6.07) is 8.02. The Kier molecular flexibility index (Phi) is 5.30. The molecule has 2 saturated heterocycles. The van der Waals surface area contributed by atoms with E-state index in [-0.39, 0.29) is 12.0 Å². The van der Waals surface area contributed by atoms with Gasteiger partial charge < -0.3 is 14.7 Å². The van der Waals surface area contributed by atoms with Crippen LogP contribution in [0.5, 0.6) is 0 Å². The summed E-state index contributed by atoms with van der Waals surface area (Å²) in [5, 5.41) is 10.4. The number of amides is 1. The molecule has 2 fully saturated rings. The van der Waals surface area contributed by atoms with E-state index in [0.29, 0.717) is 13.2 Å².